The molecule has 106 valence electrons. The molecule has 0 radical (unpaired) electrons. The Kier molecular flexibility index (Phi) is 4.22. The molecule has 2 aromatic carbocycles. The molecule has 0 saturated carbocycles. The van der Waals surface area contributed by atoms with Gasteiger partial charge in [-0.25, -0.2) is 0 Å². The molecule has 1 heterocycles. The van der Waals surface area contributed by atoms with E-state index >= 15 is 0 Å². The van der Waals surface area contributed by atoms with Crippen LogP contribution in [0.25, 0.3) is 10.4 Å². The molecule has 0 aliphatic heterocycles. The van der Waals surface area contributed by atoms with Crippen molar-refractivity contribution >= 4 is 17.0 Å². The van der Waals surface area contributed by atoms with E-state index in [1.807, 2.05) is 18.2 Å². The van der Waals surface area contributed by atoms with E-state index in [-0.39, 0.29) is 0 Å². The zero-order chi connectivity index (χ0) is 14.5. The summed E-state index contributed by atoms with van der Waals surface area (Å²) in [6.07, 6.45) is 0. The summed E-state index contributed by atoms with van der Waals surface area (Å²) in [6, 6.07) is 20.8. The smallest absolute Gasteiger partial charge is 0.118 e. The molecular weight excluding hydrogens is 278 g/mol. The second-order valence-electron chi connectivity index (χ2n) is 4.77. The van der Waals surface area contributed by atoms with Gasteiger partial charge in [0.05, 0.1) is 7.11 Å². The number of benzene rings is 2. The Bertz CT molecular complexity index is 689. The molecule has 0 amide bonds. The van der Waals surface area contributed by atoms with Crippen molar-refractivity contribution in [2.45, 2.75) is 6.54 Å². The second kappa shape index (κ2) is 6.46. The van der Waals surface area contributed by atoms with E-state index < -0.39 is 0 Å². The molecule has 1 N–H and O–H groups in total. The van der Waals surface area contributed by atoms with Crippen LogP contribution in [0.3, 0.4) is 0 Å². The Morgan fingerprint density at radius 1 is 1.00 bits per heavy atom. The molecule has 1 aromatic heterocycles. The molecule has 21 heavy (non-hydrogen) atoms. The second-order valence-corrected chi connectivity index (χ2v) is 5.68. The van der Waals surface area contributed by atoms with Gasteiger partial charge >= 0.3 is 0 Å². The van der Waals surface area contributed by atoms with Crippen molar-refractivity contribution in [3.05, 3.63) is 71.6 Å². The Hall–Kier alpha value is -2.26. The molecule has 0 spiro atoms. The van der Waals surface area contributed by atoms with Crippen LogP contribution in [0.5, 0.6) is 5.75 Å². The van der Waals surface area contributed by atoms with Crippen LogP contribution in [0, 0.1) is 0 Å². The third-order valence-electron chi connectivity index (χ3n) is 3.31. The fourth-order valence-corrected chi connectivity index (χ4v) is 3.01. The van der Waals surface area contributed by atoms with E-state index in [4.69, 9.17) is 4.74 Å². The minimum Gasteiger partial charge on any atom is -0.497 e. The first-order chi connectivity index (χ1) is 10.3. The van der Waals surface area contributed by atoms with Crippen LogP contribution in [0.1, 0.15) is 5.56 Å². The third kappa shape index (κ3) is 3.44. The van der Waals surface area contributed by atoms with Crippen molar-refractivity contribution in [1.29, 1.82) is 0 Å². The van der Waals surface area contributed by atoms with E-state index in [0.29, 0.717) is 0 Å². The monoisotopic (exact) mass is 295 g/mol. The summed E-state index contributed by atoms with van der Waals surface area (Å²) in [7, 11) is 1.69. The lowest BCUT2D eigenvalue weighted by Gasteiger charge is -2.03. The highest BCUT2D eigenvalue weighted by molar-refractivity contribution is 7.14. The number of anilines is 1. The lowest BCUT2D eigenvalue weighted by atomic mass is 10.2. The van der Waals surface area contributed by atoms with E-state index in [2.05, 4.69) is 53.2 Å². The highest BCUT2D eigenvalue weighted by Crippen LogP contribution is 2.31. The molecule has 0 unspecified atom stereocenters. The summed E-state index contributed by atoms with van der Waals surface area (Å²) in [5, 5.41) is 5.61. The maximum Gasteiger partial charge on any atom is 0.118 e. The SMILES string of the molecule is COc1ccc(-c2cc(NCc3ccccc3)cs2)cc1. The average Bonchev–Trinajstić information content (AvgIpc) is 3.03. The van der Waals surface area contributed by atoms with Gasteiger partial charge in [-0.05, 0) is 41.5 Å². The number of rotatable bonds is 5. The lowest BCUT2D eigenvalue weighted by molar-refractivity contribution is 0.415. The van der Waals surface area contributed by atoms with Gasteiger partial charge < -0.3 is 10.1 Å². The highest BCUT2D eigenvalue weighted by atomic mass is 32.1. The van der Waals surface area contributed by atoms with Crippen LogP contribution in [-0.2, 0) is 6.54 Å². The number of ether oxygens (including phenoxy) is 1. The van der Waals surface area contributed by atoms with E-state index in [1.54, 1.807) is 18.4 Å². The largest absolute Gasteiger partial charge is 0.497 e. The van der Waals surface area contributed by atoms with Crippen LogP contribution in [0.2, 0.25) is 0 Å². The lowest BCUT2D eigenvalue weighted by Crippen LogP contribution is -1.97. The van der Waals surface area contributed by atoms with Crippen LogP contribution >= 0.6 is 11.3 Å². The number of thiophene rings is 1. The topological polar surface area (TPSA) is 21.3 Å². The molecule has 0 saturated heterocycles. The molecule has 3 heteroatoms. The summed E-state index contributed by atoms with van der Waals surface area (Å²) in [6.45, 7) is 0.847. The van der Waals surface area contributed by atoms with Gasteiger partial charge in [0.1, 0.15) is 5.75 Å². The number of methoxy groups -OCH3 is 1. The molecule has 0 aliphatic carbocycles. The van der Waals surface area contributed by atoms with Crippen molar-refractivity contribution < 1.29 is 4.74 Å². The summed E-state index contributed by atoms with van der Waals surface area (Å²) in [5.41, 5.74) is 3.66. The zero-order valence-corrected chi connectivity index (χ0v) is 12.7. The summed E-state index contributed by atoms with van der Waals surface area (Å²) >= 11 is 1.75. The molecular formula is C18H17NOS. The van der Waals surface area contributed by atoms with Crippen molar-refractivity contribution in [2.75, 3.05) is 12.4 Å². The molecule has 0 bridgehead atoms. The van der Waals surface area contributed by atoms with Crippen LogP contribution in [0.4, 0.5) is 5.69 Å². The molecule has 2 nitrogen and oxygen atoms in total. The van der Waals surface area contributed by atoms with Gasteiger partial charge in [-0.2, -0.15) is 0 Å². The standard InChI is InChI=1S/C18H17NOS/c1-20-17-9-7-15(8-10-17)18-11-16(13-21-18)19-12-14-5-3-2-4-6-14/h2-11,13,19H,12H2,1H3. The maximum absolute atomic E-state index is 5.19. The highest BCUT2D eigenvalue weighted by Gasteiger charge is 2.03. The molecule has 0 fully saturated rings. The number of hydrogen-bond acceptors (Lipinski definition) is 3. The van der Waals surface area contributed by atoms with E-state index in [1.165, 1.54) is 16.0 Å². The van der Waals surface area contributed by atoms with E-state index in [9.17, 15) is 0 Å². The van der Waals surface area contributed by atoms with Crippen molar-refractivity contribution in [2.24, 2.45) is 0 Å². The minimum absolute atomic E-state index is 0.847. The Labute approximate surface area is 129 Å². The summed E-state index contributed by atoms with van der Waals surface area (Å²) in [4.78, 5) is 1.26. The van der Waals surface area contributed by atoms with Gasteiger partial charge in [0.25, 0.3) is 0 Å². The van der Waals surface area contributed by atoms with Gasteiger partial charge in [0.2, 0.25) is 0 Å². The van der Waals surface area contributed by atoms with Crippen LogP contribution < -0.4 is 10.1 Å². The predicted molar refractivity (Wildman–Crippen MR) is 90.1 cm³/mol. The summed E-state index contributed by atoms with van der Waals surface area (Å²) < 4.78 is 5.19. The normalized spacial score (nSPS) is 10.3. The third-order valence-corrected chi connectivity index (χ3v) is 4.29. The van der Waals surface area contributed by atoms with Crippen molar-refractivity contribution in [3.63, 3.8) is 0 Å². The first-order valence-electron chi connectivity index (χ1n) is 6.86. The average molecular weight is 295 g/mol. The first kappa shape index (κ1) is 13.7. The number of nitrogens with one attached hydrogen (secondary N) is 1. The van der Waals surface area contributed by atoms with Crippen LogP contribution in [-0.4, -0.2) is 7.11 Å². The number of hydrogen-bond donors (Lipinski definition) is 1. The maximum atomic E-state index is 5.19. The van der Waals surface area contributed by atoms with E-state index in [0.717, 1.165) is 18.0 Å². The Balaban J connectivity index is 1.68. The van der Waals surface area contributed by atoms with Crippen molar-refractivity contribution in [1.82, 2.24) is 0 Å². The predicted octanol–water partition coefficient (Wildman–Crippen LogP) is 5.04. The van der Waals surface area contributed by atoms with Crippen molar-refractivity contribution in [3.8, 4) is 16.2 Å². The van der Waals surface area contributed by atoms with Gasteiger partial charge in [0.15, 0.2) is 0 Å². The van der Waals surface area contributed by atoms with Gasteiger partial charge in [0, 0.05) is 22.5 Å². The van der Waals surface area contributed by atoms with Crippen LogP contribution in [0.15, 0.2) is 66.0 Å². The van der Waals surface area contributed by atoms with Gasteiger partial charge in [-0.1, -0.05) is 30.3 Å². The Morgan fingerprint density at radius 2 is 1.76 bits per heavy atom. The minimum atomic E-state index is 0.847. The summed E-state index contributed by atoms with van der Waals surface area (Å²) in [5.74, 6) is 0.887. The van der Waals surface area contributed by atoms with Gasteiger partial charge in [-0.15, -0.1) is 11.3 Å². The first-order valence-corrected chi connectivity index (χ1v) is 7.74. The fourth-order valence-electron chi connectivity index (χ4n) is 2.14. The molecule has 0 aliphatic rings. The molecule has 3 rings (SSSR count). The quantitative estimate of drug-likeness (QED) is 0.712. The zero-order valence-electron chi connectivity index (χ0n) is 11.9. The Morgan fingerprint density at radius 3 is 2.48 bits per heavy atom. The fraction of sp³-hybridized carbons (Fsp3) is 0.111. The van der Waals surface area contributed by atoms with Gasteiger partial charge in [-0.3, -0.25) is 0 Å². The molecule has 0 atom stereocenters. The molecule has 3 aromatic rings.